The number of fused-ring (bicyclic) bond motifs is 2. The van der Waals surface area contributed by atoms with Gasteiger partial charge in [-0.1, -0.05) is 38.5 Å². The number of hydrogen-bond acceptors (Lipinski definition) is 2. The lowest BCUT2D eigenvalue weighted by Crippen LogP contribution is -2.34. The molecule has 0 spiro atoms. The maximum absolute atomic E-state index is 12.9. The Morgan fingerprint density at radius 3 is 2.39 bits per heavy atom. The quantitative estimate of drug-likeness (QED) is 0.722. The summed E-state index contributed by atoms with van der Waals surface area (Å²) in [6.45, 7) is 13.1. The molecular formula is C24H31N3O. The zero-order valence-electron chi connectivity index (χ0n) is 17.9. The van der Waals surface area contributed by atoms with Gasteiger partial charge >= 0.3 is 0 Å². The molecule has 1 heterocycles. The number of aryl methyl sites for hydroxylation is 2. The van der Waals surface area contributed by atoms with Gasteiger partial charge in [0.15, 0.2) is 0 Å². The molecule has 2 atom stereocenters. The van der Waals surface area contributed by atoms with Crippen molar-refractivity contribution in [3.63, 3.8) is 0 Å². The molecule has 2 aromatic rings. The first-order valence-electron chi connectivity index (χ1n) is 10.3. The van der Waals surface area contributed by atoms with Gasteiger partial charge in [0.05, 0.1) is 5.56 Å². The van der Waals surface area contributed by atoms with E-state index in [4.69, 9.17) is 0 Å². The zero-order valence-corrected chi connectivity index (χ0v) is 17.9. The number of nitrogens with zero attached hydrogens (tertiary/aromatic N) is 2. The SMILES string of the molecule is Cc1ccc(-n2c(C)cc(C(=O)N/N=C3/CC4CCC3(C)C4(C)C)c2C)cc1. The number of amides is 1. The third kappa shape index (κ3) is 2.65. The molecular weight excluding hydrogens is 346 g/mol. The second-order valence-electron chi connectivity index (χ2n) is 9.45. The Morgan fingerprint density at radius 2 is 1.82 bits per heavy atom. The zero-order chi connectivity index (χ0) is 20.3. The summed E-state index contributed by atoms with van der Waals surface area (Å²) in [5.74, 6) is 0.558. The van der Waals surface area contributed by atoms with Crippen LogP contribution in [0.5, 0.6) is 0 Å². The predicted octanol–water partition coefficient (Wildman–Crippen LogP) is 5.33. The van der Waals surface area contributed by atoms with Crippen LogP contribution in [0.3, 0.4) is 0 Å². The van der Waals surface area contributed by atoms with Crippen molar-refractivity contribution < 1.29 is 4.79 Å². The van der Waals surface area contributed by atoms with Crippen molar-refractivity contribution >= 4 is 11.6 Å². The van der Waals surface area contributed by atoms with Crippen molar-refractivity contribution in [1.29, 1.82) is 0 Å². The van der Waals surface area contributed by atoms with Crippen LogP contribution in [0.4, 0.5) is 0 Å². The average Bonchev–Trinajstić information content (AvgIpc) is 3.14. The Labute approximate surface area is 168 Å². The van der Waals surface area contributed by atoms with Crippen LogP contribution in [0.2, 0.25) is 0 Å². The molecule has 2 aliphatic rings. The molecule has 1 aromatic heterocycles. The van der Waals surface area contributed by atoms with Gasteiger partial charge in [-0.15, -0.1) is 0 Å². The summed E-state index contributed by atoms with van der Waals surface area (Å²) in [5.41, 5.74) is 9.37. The standard InChI is InChI=1S/C24H31N3O/c1-15-7-9-19(10-8-15)27-16(2)13-20(17(27)3)22(28)26-25-21-14-18-11-12-24(21,6)23(18,4)5/h7-10,13,18H,11-12,14H2,1-6H3,(H,26,28)/b25-21-. The van der Waals surface area contributed by atoms with E-state index in [-0.39, 0.29) is 16.7 Å². The molecule has 2 bridgehead atoms. The first-order chi connectivity index (χ1) is 13.1. The van der Waals surface area contributed by atoms with E-state index >= 15 is 0 Å². The summed E-state index contributed by atoms with van der Waals surface area (Å²) in [6, 6.07) is 10.3. The molecule has 28 heavy (non-hydrogen) atoms. The molecule has 2 fully saturated rings. The fourth-order valence-electron chi connectivity index (χ4n) is 5.36. The average molecular weight is 378 g/mol. The van der Waals surface area contributed by atoms with Crippen molar-refractivity contribution in [2.45, 2.75) is 60.8 Å². The van der Waals surface area contributed by atoms with Crippen molar-refractivity contribution in [3.05, 3.63) is 52.8 Å². The Bertz CT molecular complexity index is 964. The molecule has 0 saturated heterocycles. The van der Waals surface area contributed by atoms with E-state index in [0.717, 1.165) is 29.2 Å². The van der Waals surface area contributed by atoms with Crippen LogP contribution in [0.1, 0.15) is 67.3 Å². The number of benzene rings is 1. The number of rotatable bonds is 3. The number of hydrazone groups is 1. The van der Waals surface area contributed by atoms with Crippen LogP contribution < -0.4 is 5.43 Å². The Morgan fingerprint density at radius 1 is 1.14 bits per heavy atom. The monoisotopic (exact) mass is 377 g/mol. The minimum Gasteiger partial charge on any atom is -0.318 e. The van der Waals surface area contributed by atoms with Gasteiger partial charge in [-0.25, -0.2) is 5.43 Å². The Kier molecular flexibility index (Phi) is 4.29. The highest BCUT2D eigenvalue weighted by Gasteiger charge is 2.60. The van der Waals surface area contributed by atoms with Crippen LogP contribution >= 0.6 is 0 Å². The number of carbonyl (C=O) groups excluding carboxylic acids is 1. The highest BCUT2D eigenvalue weighted by Crippen LogP contribution is 2.63. The topological polar surface area (TPSA) is 46.4 Å². The molecule has 1 aromatic carbocycles. The summed E-state index contributed by atoms with van der Waals surface area (Å²) >= 11 is 0. The van der Waals surface area contributed by atoms with E-state index in [1.165, 1.54) is 18.4 Å². The van der Waals surface area contributed by atoms with E-state index in [0.29, 0.717) is 11.5 Å². The number of hydrogen-bond donors (Lipinski definition) is 1. The van der Waals surface area contributed by atoms with E-state index in [1.807, 2.05) is 19.9 Å². The van der Waals surface area contributed by atoms with Crippen molar-refractivity contribution in [3.8, 4) is 5.69 Å². The van der Waals surface area contributed by atoms with Gasteiger partial charge < -0.3 is 4.57 Å². The first kappa shape index (κ1) is 19.0. The fraction of sp³-hybridized carbons (Fsp3) is 0.500. The van der Waals surface area contributed by atoms with Crippen LogP contribution in [0, 0.1) is 37.5 Å². The molecule has 4 nitrogen and oxygen atoms in total. The normalized spacial score (nSPS) is 26.8. The second kappa shape index (κ2) is 6.33. The summed E-state index contributed by atoms with van der Waals surface area (Å²) in [7, 11) is 0. The lowest BCUT2D eigenvalue weighted by atomic mass is 9.70. The summed E-state index contributed by atoms with van der Waals surface area (Å²) < 4.78 is 2.13. The Balaban J connectivity index is 1.59. The first-order valence-corrected chi connectivity index (χ1v) is 10.3. The molecule has 2 unspecified atom stereocenters. The van der Waals surface area contributed by atoms with E-state index in [9.17, 15) is 4.79 Å². The molecule has 0 radical (unpaired) electrons. The van der Waals surface area contributed by atoms with Gasteiger partial charge in [0.25, 0.3) is 5.91 Å². The van der Waals surface area contributed by atoms with Gasteiger partial charge in [0.1, 0.15) is 0 Å². The second-order valence-corrected chi connectivity index (χ2v) is 9.45. The van der Waals surface area contributed by atoms with Gasteiger partial charge in [0.2, 0.25) is 0 Å². The summed E-state index contributed by atoms with van der Waals surface area (Å²) in [5, 5.41) is 4.62. The van der Waals surface area contributed by atoms with Gasteiger partial charge in [-0.05, 0) is 69.6 Å². The molecule has 4 rings (SSSR count). The van der Waals surface area contributed by atoms with Crippen LogP contribution in [0.15, 0.2) is 35.4 Å². The highest BCUT2D eigenvalue weighted by atomic mass is 16.2. The largest absolute Gasteiger partial charge is 0.318 e. The van der Waals surface area contributed by atoms with Crippen LogP contribution in [-0.2, 0) is 0 Å². The maximum Gasteiger partial charge on any atom is 0.273 e. The van der Waals surface area contributed by atoms with E-state index < -0.39 is 0 Å². The molecule has 1 N–H and O–H groups in total. The molecule has 148 valence electrons. The molecule has 4 heteroatoms. The van der Waals surface area contributed by atoms with E-state index in [2.05, 4.69) is 67.1 Å². The number of aromatic nitrogens is 1. The van der Waals surface area contributed by atoms with Gasteiger partial charge in [0, 0.05) is 28.2 Å². The number of nitrogens with one attached hydrogen (secondary N) is 1. The van der Waals surface area contributed by atoms with E-state index in [1.54, 1.807) is 0 Å². The lowest BCUT2D eigenvalue weighted by Gasteiger charge is -2.34. The Hall–Kier alpha value is -2.36. The number of carbonyl (C=O) groups is 1. The van der Waals surface area contributed by atoms with Crippen molar-refractivity contribution in [2.24, 2.45) is 21.8 Å². The van der Waals surface area contributed by atoms with Gasteiger partial charge in [-0.2, -0.15) is 5.10 Å². The van der Waals surface area contributed by atoms with Crippen LogP contribution in [-0.4, -0.2) is 16.2 Å². The summed E-state index contributed by atoms with van der Waals surface area (Å²) in [4.78, 5) is 12.9. The maximum atomic E-state index is 12.9. The van der Waals surface area contributed by atoms with Crippen molar-refractivity contribution in [2.75, 3.05) is 0 Å². The third-order valence-corrected chi connectivity index (χ3v) is 7.77. The molecule has 2 aliphatic carbocycles. The summed E-state index contributed by atoms with van der Waals surface area (Å²) in [6.07, 6.45) is 3.45. The molecule has 0 aliphatic heterocycles. The molecule has 1 amide bonds. The minimum atomic E-state index is -0.122. The lowest BCUT2D eigenvalue weighted by molar-refractivity contribution is 0.0953. The van der Waals surface area contributed by atoms with Crippen LogP contribution in [0.25, 0.3) is 5.69 Å². The van der Waals surface area contributed by atoms with Crippen molar-refractivity contribution in [1.82, 2.24) is 9.99 Å². The van der Waals surface area contributed by atoms with Gasteiger partial charge in [-0.3, -0.25) is 4.79 Å². The molecule has 2 saturated carbocycles. The smallest absolute Gasteiger partial charge is 0.273 e. The fourth-order valence-corrected chi connectivity index (χ4v) is 5.36. The third-order valence-electron chi connectivity index (χ3n) is 7.77. The minimum absolute atomic E-state index is 0.101. The highest BCUT2D eigenvalue weighted by molar-refractivity contribution is 5.99. The predicted molar refractivity (Wildman–Crippen MR) is 114 cm³/mol.